The Kier molecular flexibility index (Phi) is 4.93. The Morgan fingerprint density at radius 2 is 2.28 bits per heavy atom. The van der Waals surface area contributed by atoms with E-state index < -0.39 is 29.4 Å². The largest absolute Gasteiger partial charge is 0.476 e. The first-order valence-corrected chi connectivity index (χ1v) is 8.70. The standard InChI is InChI=1S/C14H20N4O6S/c1-2-3-4-23-11-9-10(16-12(15)17-11)18(13(21)25-9)14(22)7(20)6-24-8(14)5-19/h7-8,19-20,22H,2-6H2,1H3,(H2,15,16,17)/t7-,8+,14+/m0/s1. The molecule has 1 aliphatic rings. The Labute approximate surface area is 146 Å². The number of aromatic nitrogens is 3. The Morgan fingerprint density at radius 3 is 2.96 bits per heavy atom. The minimum absolute atomic E-state index is 0.0273. The van der Waals surface area contributed by atoms with Gasteiger partial charge in [-0.05, 0) is 6.42 Å². The quantitative estimate of drug-likeness (QED) is 0.468. The van der Waals surface area contributed by atoms with Gasteiger partial charge < -0.3 is 30.5 Å². The highest BCUT2D eigenvalue weighted by atomic mass is 32.1. The number of anilines is 1. The first-order valence-electron chi connectivity index (χ1n) is 7.88. The smallest absolute Gasteiger partial charge is 0.312 e. The van der Waals surface area contributed by atoms with E-state index in [2.05, 4.69) is 9.97 Å². The molecule has 0 amide bonds. The van der Waals surface area contributed by atoms with Crippen molar-refractivity contribution < 1.29 is 24.8 Å². The summed E-state index contributed by atoms with van der Waals surface area (Å²) in [5, 5.41) is 30.6. The Hall–Kier alpha value is -1.79. The lowest BCUT2D eigenvalue weighted by Crippen LogP contribution is -2.53. The number of nitrogens with zero attached hydrogens (tertiary/aromatic N) is 3. The zero-order valence-corrected chi connectivity index (χ0v) is 14.4. The number of hydrogen-bond acceptors (Lipinski definition) is 10. The van der Waals surface area contributed by atoms with Gasteiger partial charge in [0.05, 0.1) is 19.8 Å². The van der Waals surface area contributed by atoms with E-state index in [0.717, 1.165) is 28.7 Å². The van der Waals surface area contributed by atoms with Crippen LogP contribution < -0.4 is 15.3 Å². The molecular weight excluding hydrogens is 352 g/mol. The zero-order chi connectivity index (χ0) is 18.2. The van der Waals surface area contributed by atoms with E-state index in [9.17, 15) is 20.1 Å². The molecule has 25 heavy (non-hydrogen) atoms. The summed E-state index contributed by atoms with van der Waals surface area (Å²) in [4.78, 5) is 20.0. The van der Waals surface area contributed by atoms with Crippen molar-refractivity contribution in [1.82, 2.24) is 14.5 Å². The van der Waals surface area contributed by atoms with Crippen LogP contribution in [0, 0.1) is 0 Å². The fourth-order valence-corrected chi connectivity index (χ4v) is 3.69. The Bertz CT molecular complexity index is 823. The van der Waals surface area contributed by atoms with E-state index in [1.807, 2.05) is 6.92 Å². The second-order valence-corrected chi connectivity index (χ2v) is 6.71. The van der Waals surface area contributed by atoms with Crippen molar-refractivity contribution in [3.63, 3.8) is 0 Å². The molecule has 3 heterocycles. The molecule has 0 aliphatic carbocycles. The van der Waals surface area contributed by atoms with Crippen molar-refractivity contribution in [1.29, 1.82) is 0 Å². The number of nitrogen functional groups attached to an aromatic ring is 1. The first-order chi connectivity index (χ1) is 11.9. The average Bonchev–Trinajstić information content (AvgIpc) is 3.05. The van der Waals surface area contributed by atoms with E-state index in [1.165, 1.54) is 0 Å². The van der Waals surface area contributed by atoms with Crippen LogP contribution in [0.25, 0.3) is 10.3 Å². The molecule has 3 atom stereocenters. The summed E-state index contributed by atoms with van der Waals surface area (Å²) in [5.74, 6) is 0.0115. The van der Waals surface area contributed by atoms with Crippen molar-refractivity contribution in [2.75, 3.05) is 25.6 Å². The summed E-state index contributed by atoms with van der Waals surface area (Å²) in [7, 11) is 0. The lowest BCUT2D eigenvalue weighted by atomic mass is 10.0. The van der Waals surface area contributed by atoms with Crippen molar-refractivity contribution >= 4 is 27.6 Å². The van der Waals surface area contributed by atoms with Gasteiger partial charge in [0, 0.05) is 0 Å². The second kappa shape index (κ2) is 6.84. The SMILES string of the molecule is CCCCOc1nc(N)nc2c1sc(=O)n2[C@@]1(O)[C@@H](O)CO[C@@H]1CO. The summed E-state index contributed by atoms with van der Waals surface area (Å²) in [6.45, 7) is 1.58. The van der Waals surface area contributed by atoms with Crippen LogP contribution in [0.15, 0.2) is 4.79 Å². The monoisotopic (exact) mass is 372 g/mol. The van der Waals surface area contributed by atoms with E-state index in [4.69, 9.17) is 15.2 Å². The summed E-state index contributed by atoms with van der Waals surface area (Å²) >= 11 is 0.766. The first kappa shape index (κ1) is 18.0. The molecular formula is C14H20N4O6S. The van der Waals surface area contributed by atoms with Crippen LogP contribution in [-0.4, -0.2) is 61.9 Å². The molecule has 1 fully saturated rings. The summed E-state index contributed by atoms with van der Waals surface area (Å²) in [6.07, 6.45) is -0.883. The van der Waals surface area contributed by atoms with E-state index >= 15 is 0 Å². The van der Waals surface area contributed by atoms with Crippen LogP contribution in [0.4, 0.5) is 5.95 Å². The maximum atomic E-state index is 12.5. The van der Waals surface area contributed by atoms with Crippen LogP contribution in [0.3, 0.4) is 0 Å². The van der Waals surface area contributed by atoms with Gasteiger partial charge in [-0.2, -0.15) is 9.97 Å². The average molecular weight is 372 g/mol. The molecule has 2 aromatic rings. The number of aliphatic hydroxyl groups excluding tert-OH is 2. The fraction of sp³-hybridized carbons (Fsp3) is 0.643. The lowest BCUT2D eigenvalue weighted by molar-refractivity contribution is -0.149. The Morgan fingerprint density at radius 1 is 1.52 bits per heavy atom. The number of nitrogens with two attached hydrogens (primary N) is 1. The molecule has 0 unspecified atom stereocenters. The minimum atomic E-state index is -2.16. The van der Waals surface area contributed by atoms with Gasteiger partial charge in [0.25, 0.3) is 0 Å². The molecule has 1 saturated heterocycles. The molecule has 2 aromatic heterocycles. The molecule has 0 spiro atoms. The van der Waals surface area contributed by atoms with Crippen molar-refractivity contribution in [2.24, 2.45) is 0 Å². The second-order valence-electron chi connectivity index (χ2n) is 5.75. The van der Waals surface area contributed by atoms with Crippen molar-refractivity contribution in [2.45, 2.75) is 37.7 Å². The van der Waals surface area contributed by atoms with Gasteiger partial charge in [-0.25, -0.2) is 4.57 Å². The molecule has 11 heteroatoms. The third-order valence-corrected chi connectivity index (χ3v) is 5.02. The van der Waals surface area contributed by atoms with Crippen molar-refractivity contribution in [3.8, 4) is 5.88 Å². The van der Waals surface area contributed by atoms with Gasteiger partial charge in [-0.3, -0.25) is 4.79 Å². The van der Waals surface area contributed by atoms with Crippen LogP contribution >= 0.6 is 11.3 Å². The molecule has 138 valence electrons. The molecule has 0 radical (unpaired) electrons. The molecule has 3 rings (SSSR count). The number of aliphatic hydroxyl groups is 3. The highest BCUT2D eigenvalue weighted by Crippen LogP contribution is 2.35. The lowest BCUT2D eigenvalue weighted by Gasteiger charge is -2.30. The Balaban J connectivity index is 2.17. The summed E-state index contributed by atoms with van der Waals surface area (Å²) in [5.41, 5.74) is 3.58. The van der Waals surface area contributed by atoms with Gasteiger partial charge in [-0.15, -0.1) is 0 Å². The topological polar surface area (TPSA) is 153 Å². The predicted octanol–water partition coefficient (Wildman–Crippen LogP) is -0.989. The van der Waals surface area contributed by atoms with Gasteiger partial charge in [0.1, 0.15) is 16.9 Å². The predicted molar refractivity (Wildman–Crippen MR) is 89.5 cm³/mol. The van der Waals surface area contributed by atoms with Crippen LogP contribution in [-0.2, 0) is 10.5 Å². The fourth-order valence-electron chi connectivity index (χ4n) is 2.77. The van der Waals surface area contributed by atoms with Gasteiger partial charge in [0.2, 0.25) is 17.6 Å². The number of fused-ring (bicyclic) bond motifs is 1. The van der Waals surface area contributed by atoms with Gasteiger partial charge in [-0.1, -0.05) is 24.7 Å². The number of unbranched alkanes of at least 4 members (excludes halogenated alkanes) is 1. The molecule has 1 aliphatic heterocycles. The van der Waals surface area contributed by atoms with Crippen LogP contribution in [0.5, 0.6) is 5.88 Å². The van der Waals surface area contributed by atoms with E-state index in [-0.39, 0.29) is 24.1 Å². The molecule has 5 N–H and O–H groups in total. The van der Waals surface area contributed by atoms with E-state index in [0.29, 0.717) is 11.3 Å². The van der Waals surface area contributed by atoms with Gasteiger partial charge in [0.15, 0.2) is 5.65 Å². The highest BCUT2D eigenvalue weighted by molar-refractivity contribution is 7.16. The molecule has 0 aromatic carbocycles. The van der Waals surface area contributed by atoms with Crippen LogP contribution in [0.2, 0.25) is 0 Å². The van der Waals surface area contributed by atoms with E-state index in [1.54, 1.807) is 0 Å². The molecule has 0 bridgehead atoms. The van der Waals surface area contributed by atoms with Crippen molar-refractivity contribution in [3.05, 3.63) is 9.67 Å². The number of thiazole rings is 1. The van der Waals surface area contributed by atoms with Crippen LogP contribution in [0.1, 0.15) is 19.8 Å². The molecule has 10 nitrogen and oxygen atoms in total. The molecule has 0 saturated carbocycles. The highest BCUT2D eigenvalue weighted by Gasteiger charge is 2.53. The zero-order valence-electron chi connectivity index (χ0n) is 13.6. The number of rotatable bonds is 6. The third kappa shape index (κ3) is 2.87. The van der Waals surface area contributed by atoms with Gasteiger partial charge >= 0.3 is 4.87 Å². The minimum Gasteiger partial charge on any atom is -0.476 e. The normalized spacial score (nSPS) is 26.4. The third-order valence-electron chi connectivity index (χ3n) is 4.10. The maximum absolute atomic E-state index is 12.5. The maximum Gasteiger partial charge on any atom is 0.312 e. The summed E-state index contributed by atoms with van der Waals surface area (Å²) in [6, 6.07) is 0. The number of ether oxygens (including phenoxy) is 2. The summed E-state index contributed by atoms with van der Waals surface area (Å²) < 4.78 is 12.0. The number of hydrogen-bond donors (Lipinski definition) is 4.